The molecule has 4 nitrogen and oxygen atoms in total. The highest BCUT2D eigenvalue weighted by Gasteiger charge is 2.16. The molecule has 0 aromatic heterocycles. The van der Waals surface area contributed by atoms with Gasteiger partial charge in [-0.15, -0.1) is 0 Å². The van der Waals surface area contributed by atoms with Gasteiger partial charge in [0, 0.05) is 39.5 Å². The first kappa shape index (κ1) is 8.96. The number of piperazine rings is 1. The largest absolute Gasteiger partial charge is 0.314 e. The van der Waals surface area contributed by atoms with Crippen molar-refractivity contribution in [2.75, 3.05) is 39.5 Å². The molecule has 0 saturated carbocycles. The highest BCUT2D eigenvalue weighted by molar-refractivity contribution is 7.90. The molecule has 1 rings (SSSR count). The maximum absolute atomic E-state index is 11.6. The van der Waals surface area contributed by atoms with Crippen LogP contribution >= 0.6 is 0 Å². The zero-order valence-electron chi connectivity index (χ0n) is 7.04. The molecule has 0 aromatic carbocycles. The van der Waals surface area contributed by atoms with Gasteiger partial charge in [0.15, 0.2) is 0 Å². The van der Waals surface area contributed by atoms with Crippen LogP contribution in [0.4, 0.5) is 0 Å². The summed E-state index contributed by atoms with van der Waals surface area (Å²) in [4.78, 5) is 0. The van der Waals surface area contributed by atoms with E-state index < -0.39 is 9.92 Å². The molecule has 1 saturated heterocycles. The van der Waals surface area contributed by atoms with Crippen LogP contribution in [-0.4, -0.2) is 48.0 Å². The van der Waals surface area contributed by atoms with Gasteiger partial charge >= 0.3 is 0 Å². The summed E-state index contributed by atoms with van der Waals surface area (Å²) in [5.74, 6) is 0. The van der Waals surface area contributed by atoms with Crippen molar-refractivity contribution in [1.82, 2.24) is 9.62 Å². The predicted molar refractivity (Wildman–Crippen MR) is 46.9 cm³/mol. The number of hydrogen-bond acceptors (Lipinski definition) is 3. The monoisotopic (exact) mass is 177 g/mol. The Labute approximate surface area is 68.3 Å². The summed E-state index contributed by atoms with van der Waals surface area (Å²) >= 11 is 0. The van der Waals surface area contributed by atoms with Gasteiger partial charge < -0.3 is 5.32 Å². The highest BCUT2D eigenvalue weighted by Crippen LogP contribution is 2.01. The van der Waals surface area contributed by atoms with Gasteiger partial charge in [0.2, 0.25) is 0 Å². The maximum atomic E-state index is 11.6. The van der Waals surface area contributed by atoms with E-state index in [1.807, 2.05) is 4.31 Å². The van der Waals surface area contributed by atoms with Crippen LogP contribution in [-0.2, 0) is 9.92 Å². The minimum atomic E-state index is -2.05. The molecule has 1 heterocycles. The summed E-state index contributed by atoms with van der Waals surface area (Å²) in [6.45, 7) is 3.51. The van der Waals surface area contributed by atoms with Crippen LogP contribution < -0.4 is 5.32 Å². The number of hydrogen-bond donors (Lipinski definition) is 1. The first-order valence-electron chi connectivity index (χ1n) is 3.73. The number of rotatable bonds is 1. The second kappa shape index (κ2) is 3.51. The maximum Gasteiger partial charge on any atom is 0.107 e. The first-order valence-corrected chi connectivity index (χ1v) is 5.61. The first-order chi connectivity index (χ1) is 5.17. The molecule has 5 heteroatoms. The Bertz CT molecular complexity index is 226. The fraction of sp³-hybridized carbons (Fsp3) is 1.00. The average Bonchev–Trinajstić information content (AvgIpc) is 2.06. The van der Waals surface area contributed by atoms with E-state index in [-0.39, 0.29) is 0 Å². The summed E-state index contributed by atoms with van der Waals surface area (Å²) < 4.78 is 17.4. The van der Waals surface area contributed by atoms with Crippen LogP contribution in [0.25, 0.3) is 0 Å². The molecule has 0 amide bonds. The molecule has 1 aliphatic heterocycles. The van der Waals surface area contributed by atoms with E-state index in [1.54, 1.807) is 13.3 Å². The van der Waals surface area contributed by atoms with Crippen molar-refractivity contribution in [3.63, 3.8) is 0 Å². The molecule has 1 aliphatic rings. The Balaban J connectivity index is 2.66. The highest BCUT2D eigenvalue weighted by atomic mass is 32.2. The Morgan fingerprint density at radius 3 is 2.45 bits per heavy atom. The van der Waals surface area contributed by atoms with Crippen molar-refractivity contribution in [3.05, 3.63) is 0 Å². The molecule has 0 bridgehead atoms. The van der Waals surface area contributed by atoms with E-state index in [0.29, 0.717) is 0 Å². The smallest absolute Gasteiger partial charge is 0.107 e. The van der Waals surface area contributed by atoms with Gasteiger partial charge in [-0.1, -0.05) is 0 Å². The zero-order valence-corrected chi connectivity index (χ0v) is 7.86. The van der Waals surface area contributed by atoms with E-state index in [9.17, 15) is 4.21 Å². The third-order valence-electron chi connectivity index (χ3n) is 1.89. The van der Waals surface area contributed by atoms with Crippen LogP contribution in [0.1, 0.15) is 0 Å². The second-order valence-electron chi connectivity index (χ2n) is 2.62. The molecule has 0 spiro atoms. The van der Waals surface area contributed by atoms with Crippen LogP contribution in [0.5, 0.6) is 0 Å². The normalized spacial score (nSPS) is 26.0. The van der Waals surface area contributed by atoms with Gasteiger partial charge in [0.1, 0.15) is 9.92 Å². The van der Waals surface area contributed by atoms with Crippen molar-refractivity contribution in [3.8, 4) is 0 Å². The molecule has 1 atom stereocenters. The fourth-order valence-electron chi connectivity index (χ4n) is 1.10. The second-order valence-corrected chi connectivity index (χ2v) is 5.03. The van der Waals surface area contributed by atoms with Crippen LogP contribution in [0, 0.1) is 0 Å². The van der Waals surface area contributed by atoms with E-state index in [2.05, 4.69) is 9.68 Å². The molecule has 0 aromatic rings. The molecule has 1 fully saturated rings. The summed E-state index contributed by atoms with van der Waals surface area (Å²) in [6.07, 6.45) is 1.69. The summed E-state index contributed by atoms with van der Waals surface area (Å²) in [7, 11) is -0.437. The minimum absolute atomic E-state index is 0.840. The van der Waals surface area contributed by atoms with E-state index in [4.69, 9.17) is 0 Å². The molecule has 1 N–H and O–H groups in total. The molecule has 11 heavy (non-hydrogen) atoms. The van der Waals surface area contributed by atoms with E-state index >= 15 is 0 Å². The van der Waals surface area contributed by atoms with Gasteiger partial charge in [0.05, 0.1) is 0 Å². The summed E-state index contributed by atoms with van der Waals surface area (Å²) in [5.41, 5.74) is 0. The van der Waals surface area contributed by atoms with Crippen molar-refractivity contribution in [1.29, 1.82) is 0 Å². The van der Waals surface area contributed by atoms with Gasteiger partial charge in [-0.3, -0.25) is 0 Å². The summed E-state index contributed by atoms with van der Waals surface area (Å²) in [6, 6.07) is 0. The van der Waals surface area contributed by atoms with E-state index in [0.717, 1.165) is 26.2 Å². The van der Waals surface area contributed by atoms with Gasteiger partial charge in [-0.25, -0.2) is 12.9 Å². The quantitative estimate of drug-likeness (QED) is 0.589. The lowest BCUT2D eigenvalue weighted by molar-refractivity contribution is 0.378. The molecule has 66 valence electrons. The van der Waals surface area contributed by atoms with Crippen molar-refractivity contribution < 1.29 is 4.21 Å². The molecule has 1 unspecified atom stereocenters. The lowest BCUT2D eigenvalue weighted by Crippen LogP contribution is -2.45. The van der Waals surface area contributed by atoms with Crippen molar-refractivity contribution in [2.24, 2.45) is 4.36 Å². The molecule has 0 radical (unpaired) electrons. The van der Waals surface area contributed by atoms with E-state index in [1.165, 1.54) is 0 Å². The Hall–Kier alpha value is -0.130. The lowest BCUT2D eigenvalue weighted by atomic mass is 10.4. The Morgan fingerprint density at radius 2 is 2.00 bits per heavy atom. The van der Waals surface area contributed by atoms with Crippen molar-refractivity contribution in [2.45, 2.75) is 0 Å². The third-order valence-corrected chi connectivity index (χ3v) is 3.89. The fourth-order valence-corrected chi connectivity index (χ4v) is 2.19. The van der Waals surface area contributed by atoms with Gasteiger partial charge in [-0.2, -0.15) is 0 Å². The molecular weight excluding hydrogens is 162 g/mol. The molecule has 0 aliphatic carbocycles. The SMILES string of the molecule is CN=S(C)(=O)N1CCNCC1. The minimum Gasteiger partial charge on any atom is -0.314 e. The van der Waals surface area contributed by atoms with Crippen molar-refractivity contribution >= 4 is 9.92 Å². The standard InChI is InChI=1S/C6H15N3OS/c1-7-11(2,10)9-5-3-8-4-6-9/h8H,3-6H2,1-2H3. The van der Waals surface area contributed by atoms with Crippen LogP contribution in [0.15, 0.2) is 4.36 Å². The number of nitrogens with zero attached hydrogens (tertiary/aromatic N) is 2. The molecular formula is C6H15N3OS. The topological polar surface area (TPSA) is 44.7 Å². The Kier molecular flexibility index (Phi) is 2.86. The van der Waals surface area contributed by atoms with Crippen LogP contribution in [0.2, 0.25) is 0 Å². The third kappa shape index (κ3) is 2.15. The summed E-state index contributed by atoms with van der Waals surface area (Å²) in [5, 5.41) is 3.20. The predicted octanol–water partition coefficient (Wildman–Crippen LogP) is -0.466. The van der Waals surface area contributed by atoms with Gasteiger partial charge in [0.25, 0.3) is 0 Å². The number of nitrogens with one attached hydrogen (secondary N) is 1. The zero-order chi connectivity index (χ0) is 8.32. The average molecular weight is 177 g/mol. The Morgan fingerprint density at radius 1 is 1.45 bits per heavy atom. The van der Waals surface area contributed by atoms with Gasteiger partial charge in [-0.05, 0) is 0 Å². The lowest BCUT2D eigenvalue weighted by Gasteiger charge is -2.27. The van der Waals surface area contributed by atoms with Crippen LogP contribution in [0.3, 0.4) is 0 Å².